The second-order valence-corrected chi connectivity index (χ2v) is 5.51. The Bertz CT molecular complexity index is 537. The topological polar surface area (TPSA) is 122 Å². The van der Waals surface area contributed by atoms with Gasteiger partial charge in [-0.3, -0.25) is 15.5 Å². The van der Waals surface area contributed by atoms with E-state index >= 15 is 0 Å². The zero-order valence-corrected chi connectivity index (χ0v) is 12.5. The van der Waals surface area contributed by atoms with Gasteiger partial charge in [0.15, 0.2) is 0 Å². The van der Waals surface area contributed by atoms with Gasteiger partial charge in [-0.1, -0.05) is 6.92 Å². The van der Waals surface area contributed by atoms with Crippen molar-refractivity contribution in [3.05, 3.63) is 15.8 Å². The third kappa shape index (κ3) is 3.37. The first-order valence-corrected chi connectivity index (χ1v) is 6.87. The zero-order valence-electron chi connectivity index (χ0n) is 12.5. The predicted octanol–water partition coefficient (Wildman–Crippen LogP) is 0.731. The van der Waals surface area contributed by atoms with E-state index in [9.17, 15) is 10.1 Å². The largest absolute Gasteiger partial charge is 0.361 e. The van der Waals surface area contributed by atoms with Gasteiger partial charge in [-0.2, -0.15) is 4.98 Å². The third-order valence-corrected chi connectivity index (χ3v) is 3.80. The van der Waals surface area contributed by atoms with Crippen molar-refractivity contribution < 1.29 is 4.92 Å². The molecule has 0 radical (unpaired) electrons. The minimum atomic E-state index is -0.461. The summed E-state index contributed by atoms with van der Waals surface area (Å²) < 4.78 is 0. The van der Waals surface area contributed by atoms with Crippen LogP contribution in [-0.2, 0) is 0 Å². The fourth-order valence-electron chi connectivity index (χ4n) is 2.69. The van der Waals surface area contributed by atoms with E-state index in [4.69, 9.17) is 5.84 Å². The SMILES string of the molecule is Cc1nc(NN)nc(NC2CCN(C)CC2C)c1[N+](=O)[O-]. The zero-order chi connectivity index (χ0) is 15.6. The molecule has 2 rings (SSSR count). The number of aryl methyl sites for hydroxylation is 1. The summed E-state index contributed by atoms with van der Waals surface area (Å²) in [4.78, 5) is 21.1. The number of nitrogens with one attached hydrogen (secondary N) is 2. The number of nitrogens with two attached hydrogens (primary N) is 1. The number of anilines is 2. The Hall–Kier alpha value is -2.00. The summed E-state index contributed by atoms with van der Waals surface area (Å²) in [5.74, 6) is 6.07. The molecule has 1 aromatic heterocycles. The van der Waals surface area contributed by atoms with Gasteiger partial charge in [-0.25, -0.2) is 10.8 Å². The first kappa shape index (κ1) is 15.4. The molecule has 1 aliphatic rings. The summed E-state index contributed by atoms with van der Waals surface area (Å²) in [5, 5.41) is 14.4. The Labute approximate surface area is 123 Å². The van der Waals surface area contributed by atoms with Gasteiger partial charge in [0.25, 0.3) is 0 Å². The van der Waals surface area contributed by atoms with Gasteiger partial charge in [0, 0.05) is 12.6 Å². The van der Waals surface area contributed by atoms with Crippen LogP contribution in [0.5, 0.6) is 0 Å². The maximum atomic E-state index is 11.2. The van der Waals surface area contributed by atoms with Crippen LogP contribution >= 0.6 is 0 Å². The molecule has 2 unspecified atom stereocenters. The molecule has 21 heavy (non-hydrogen) atoms. The third-order valence-electron chi connectivity index (χ3n) is 3.80. The molecule has 116 valence electrons. The molecule has 0 aromatic carbocycles. The van der Waals surface area contributed by atoms with Gasteiger partial charge in [0.1, 0.15) is 5.69 Å². The van der Waals surface area contributed by atoms with E-state index in [0.29, 0.717) is 5.92 Å². The number of hydrogen-bond donors (Lipinski definition) is 3. The fourth-order valence-corrected chi connectivity index (χ4v) is 2.69. The summed E-state index contributed by atoms with van der Waals surface area (Å²) in [7, 11) is 2.07. The number of piperidine rings is 1. The highest BCUT2D eigenvalue weighted by Crippen LogP contribution is 2.29. The Morgan fingerprint density at radius 2 is 2.19 bits per heavy atom. The number of likely N-dealkylation sites (tertiary alicyclic amines) is 1. The lowest BCUT2D eigenvalue weighted by atomic mass is 9.94. The number of nitro groups is 1. The molecular weight excluding hydrogens is 274 g/mol. The van der Waals surface area contributed by atoms with Crippen molar-refractivity contribution in [1.82, 2.24) is 14.9 Å². The van der Waals surface area contributed by atoms with Gasteiger partial charge in [0.2, 0.25) is 11.8 Å². The number of nitrogens with zero attached hydrogens (tertiary/aromatic N) is 4. The second-order valence-electron chi connectivity index (χ2n) is 5.51. The molecule has 0 bridgehead atoms. The molecule has 0 saturated carbocycles. The first-order chi connectivity index (χ1) is 9.92. The molecule has 4 N–H and O–H groups in total. The standard InChI is InChI=1S/C12H21N7O2/c1-7-6-18(3)5-4-9(7)15-11-10(19(20)21)8(2)14-12(16-11)17-13/h7,9H,4-6,13H2,1-3H3,(H2,14,15,16,17). The van der Waals surface area contributed by atoms with Crippen LogP contribution in [0.3, 0.4) is 0 Å². The van der Waals surface area contributed by atoms with Crippen LogP contribution in [0, 0.1) is 23.0 Å². The van der Waals surface area contributed by atoms with Crippen molar-refractivity contribution in [2.75, 3.05) is 30.9 Å². The molecule has 9 nitrogen and oxygen atoms in total. The van der Waals surface area contributed by atoms with Crippen LogP contribution in [0.2, 0.25) is 0 Å². The van der Waals surface area contributed by atoms with E-state index < -0.39 is 4.92 Å². The number of hydrogen-bond acceptors (Lipinski definition) is 8. The minimum Gasteiger partial charge on any atom is -0.361 e. The molecule has 0 aliphatic carbocycles. The van der Waals surface area contributed by atoms with Gasteiger partial charge < -0.3 is 10.2 Å². The van der Waals surface area contributed by atoms with E-state index in [0.717, 1.165) is 19.5 Å². The van der Waals surface area contributed by atoms with Crippen LogP contribution in [0.25, 0.3) is 0 Å². The molecule has 2 heterocycles. The molecular formula is C12H21N7O2. The smallest absolute Gasteiger partial charge is 0.332 e. The second kappa shape index (κ2) is 6.19. The van der Waals surface area contributed by atoms with Crippen LogP contribution in [0.1, 0.15) is 19.0 Å². The highest BCUT2D eigenvalue weighted by molar-refractivity contribution is 5.61. The van der Waals surface area contributed by atoms with Gasteiger partial charge in [-0.15, -0.1) is 0 Å². The van der Waals surface area contributed by atoms with Crippen molar-refractivity contribution >= 4 is 17.5 Å². The van der Waals surface area contributed by atoms with Crippen LogP contribution in [0.4, 0.5) is 17.5 Å². The maximum Gasteiger partial charge on any atom is 0.332 e. The molecule has 9 heteroatoms. The van der Waals surface area contributed by atoms with Crippen molar-refractivity contribution in [2.24, 2.45) is 11.8 Å². The molecule has 0 spiro atoms. The molecule has 1 aromatic rings. The number of aromatic nitrogens is 2. The van der Waals surface area contributed by atoms with Crippen LogP contribution < -0.4 is 16.6 Å². The lowest BCUT2D eigenvalue weighted by molar-refractivity contribution is -0.385. The summed E-state index contributed by atoms with van der Waals surface area (Å²) in [5.41, 5.74) is 2.52. The van der Waals surface area contributed by atoms with Crippen LogP contribution in [0.15, 0.2) is 0 Å². The summed E-state index contributed by atoms with van der Waals surface area (Å²) >= 11 is 0. The molecule has 1 aliphatic heterocycles. The minimum absolute atomic E-state index is 0.0971. The number of rotatable bonds is 4. The van der Waals surface area contributed by atoms with E-state index in [1.807, 2.05) is 0 Å². The summed E-state index contributed by atoms with van der Waals surface area (Å²) in [6.07, 6.45) is 0.906. The van der Waals surface area contributed by atoms with Gasteiger partial charge >= 0.3 is 5.69 Å². The molecule has 1 fully saturated rings. The highest BCUT2D eigenvalue weighted by Gasteiger charge is 2.29. The lowest BCUT2D eigenvalue weighted by Gasteiger charge is -2.35. The van der Waals surface area contributed by atoms with Crippen molar-refractivity contribution in [3.8, 4) is 0 Å². The van der Waals surface area contributed by atoms with E-state index in [-0.39, 0.29) is 29.2 Å². The van der Waals surface area contributed by atoms with Crippen molar-refractivity contribution in [3.63, 3.8) is 0 Å². The van der Waals surface area contributed by atoms with E-state index in [1.54, 1.807) is 6.92 Å². The van der Waals surface area contributed by atoms with Crippen molar-refractivity contribution in [1.29, 1.82) is 0 Å². The Balaban J connectivity index is 2.29. The van der Waals surface area contributed by atoms with Crippen molar-refractivity contribution in [2.45, 2.75) is 26.3 Å². The number of nitrogen functional groups attached to an aromatic ring is 1. The summed E-state index contributed by atoms with van der Waals surface area (Å²) in [6.45, 7) is 5.58. The quantitative estimate of drug-likeness (QED) is 0.422. The molecule has 2 atom stereocenters. The van der Waals surface area contributed by atoms with Gasteiger partial charge in [-0.05, 0) is 32.9 Å². The lowest BCUT2D eigenvalue weighted by Crippen LogP contribution is -2.43. The van der Waals surface area contributed by atoms with Crippen LogP contribution in [-0.4, -0.2) is 46.0 Å². The monoisotopic (exact) mass is 295 g/mol. The average molecular weight is 295 g/mol. The predicted molar refractivity (Wildman–Crippen MR) is 79.9 cm³/mol. The first-order valence-electron chi connectivity index (χ1n) is 6.87. The number of hydrazine groups is 1. The maximum absolute atomic E-state index is 11.2. The molecule has 0 amide bonds. The Morgan fingerprint density at radius 1 is 1.48 bits per heavy atom. The average Bonchev–Trinajstić information content (AvgIpc) is 2.40. The highest BCUT2D eigenvalue weighted by atomic mass is 16.6. The summed E-state index contributed by atoms with van der Waals surface area (Å²) in [6, 6.07) is 0.139. The van der Waals surface area contributed by atoms with E-state index in [1.165, 1.54) is 0 Å². The van der Waals surface area contributed by atoms with E-state index in [2.05, 4.69) is 39.6 Å². The molecule has 1 saturated heterocycles. The van der Waals surface area contributed by atoms with Gasteiger partial charge in [0.05, 0.1) is 4.92 Å². The Morgan fingerprint density at radius 3 is 2.76 bits per heavy atom. The Kier molecular flexibility index (Phi) is 4.53. The normalized spacial score (nSPS) is 22.9. The fraction of sp³-hybridized carbons (Fsp3) is 0.667.